The van der Waals surface area contributed by atoms with Crippen LogP contribution in [0.15, 0.2) is 22.7 Å². The van der Waals surface area contributed by atoms with E-state index in [0.717, 1.165) is 22.8 Å². The van der Waals surface area contributed by atoms with Crippen molar-refractivity contribution in [3.05, 3.63) is 29.7 Å². The second-order valence-electron chi connectivity index (χ2n) is 4.31. The topological polar surface area (TPSA) is 80.1 Å². The van der Waals surface area contributed by atoms with Gasteiger partial charge >= 0.3 is 5.97 Å². The Morgan fingerprint density at radius 2 is 2.37 bits per heavy atom. The minimum Gasteiger partial charge on any atom is -0.468 e. The van der Waals surface area contributed by atoms with Crippen molar-refractivity contribution < 1.29 is 13.9 Å². The first-order valence-corrected chi connectivity index (χ1v) is 6.02. The number of ether oxygens (including phenoxy) is 1. The van der Waals surface area contributed by atoms with E-state index in [1.807, 2.05) is 19.1 Å². The van der Waals surface area contributed by atoms with Crippen molar-refractivity contribution in [1.82, 2.24) is 15.5 Å². The molecule has 2 rings (SSSR count). The molecule has 0 unspecified atom stereocenters. The van der Waals surface area contributed by atoms with Gasteiger partial charge in [-0.15, -0.1) is 0 Å². The van der Waals surface area contributed by atoms with Gasteiger partial charge in [-0.2, -0.15) is 5.10 Å². The van der Waals surface area contributed by atoms with Crippen molar-refractivity contribution in [2.75, 3.05) is 7.11 Å². The number of hydrogen-bond acceptors (Lipinski definition) is 5. The Bertz CT molecular complexity index is 559. The highest BCUT2D eigenvalue weighted by atomic mass is 16.5. The molecule has 6 heteroatoms. The lowest BCUT2D eigenvalue weighted by Crippen LogP contribution is -2.34. The largest absolute Gasteiger partial charge is 0.468 e. The average molecular weight is 263 g/mol. The SMILES string of the molecule is COC(=O)[C@H](C)NCc1cn[nH]c1-c1ccc(C)o1. The van der Waals surface area contributed by atoms with Crippen LogP contribution in [0, 0.1) is 6.92 Å². The first kappa shape index (κ1) is 13.4. The van der Waals surface area contributed by atoms with Gasteiger partial charge in [0.15, 0.2) is 5.76 Å². The number of aryl methyl sites for hydroxylation is 1. The average Bonchev–Trinajstić information content (AvgIpc) is 3.03. The second kappa shape index (κ2) is 5.71. The summed E-state index contributed by atoms with van der Waals surface area (Å²) in [4.78, 5) is 11.3. The van der Waals surface area contributed by atoms with Gasteiger partial charge in [-0.25, -0.2) is 0 Å². The van der Waals surface area contributed by atoms with Crippen molar-refractivity contribution in [2.45, 2.75) is 26.4 Å². The Labute approximate surface area is 111 Å². The maximum Gasteiger partial charge on any atom is 0.322 e. The number of aromatic nitrogens is 2. The smallest absolute Gasteiger partial charge is 0.322 e. The lowest BCUT2D eigenvalue weighted by molar-refractivity contribution is -0.142. The molecule has 102 valence electrons. The van der Waals surface area contributed by atoms with Crippen LogP contribution in [-0.4, -0.2) is 29.3 Å². The van der Waals surface area contributed by atoms with E-state index in [2.05, 4.69) is 20.3 Å². The predicted molar refractivity (Wildman–Crippen MR) is 69.3 cm³/mol. The van der Waals surface area contributed by atoms with Crippen LogP contribution in [-0.2, 0) is 16.1 Å². The summed E-state index contributed by atoms with van der Waals surface area (Å²) >= 11 is 0. The number of furan rings is 1. The molecule has 2 aromatic heterocycles. The number of H-pyrrole nitrogens is 1. The maximum absolute atomic E-state index is 11.3. The molecule has 0 aliphatic rings. The zero-order chi connectivity index (χ0) is 13.8. The molecule has 19 heavy (non-hydrogen) atoms. The first-order chi connectivity index (χ1) is 9.11. The van der Waals surface area contributed by atoms with Gasteiger partial charge in [0.05, 0.1) is 13.3 Å². The molecule has 1 atom stereocenters. The van der Waals surface area contributed by atoms with Crippen LogP contribution in [0.1, 0.15) is 18.2 Å². The molecule has 2 N–H and O–H groups in total. The van der Waals surface area contributed by atoms with Crippen LogP contribution in [0.25, 0.3) is 11.5 Å². The molecule has 0 aliphatic carbocycles. The molecule has 0 saturated heterocycles. The maximum atomic E-state index is 11.3. The minimum absolute atomic E-state index is 0.293. The summed E-state index contributed by atoms with van der Waals surface area (Å²) in [6, 6.07) is 3.41. The van der Waals surface area contributed by atoms with E-state index in [0.29, 0.717) is 6.54 Å². The quantitative estimate of drug-likeness (QED) is 0.801. The summed E-state index contributed by atoms with van der Waals surface area (Å²) in [5.74, 6) is 1.28. The van der Waals surface area contributed by atoms with E-state index in [4.69, 9.17) is 4.42 Å². The van der Waals surface area contributed by atoms with Gasteiger partial charge in [-0.05, 0) is 26.0 Å². The summed E-state index contributed by atoms with van der Waals surface area (Å²) in [6.07, 6.45) is 1.71. The summed E-state index contributed by atoms with van der Waals surface area (Å²) in [5, 5.41) is 9.99. The third-order valence-electron chi connectivity index (χ3n) is 2.86. The molecule has 0 saturated carbocycles. The van der Waals surface area contributed by atoms with Gasteiger partial charge in [0.25, 0.3) is 0 Å². The van der Waals surface area contributed by atoms with E-state index in [1.165, 1.54) is 7.11 Å². The van der Waals surface area contributed by atoms with Crippen LogP contribution in [0.4, 0.5) is 0 Å². The van der Waals surface area contributed by atoms with Crippen molar-refractivity contribution in [1.29, 1.82) is 0 Å². The lowest BCUT2D eigenvalue weighted by atomic mass is 10.2. The molecule has 0 radical (unpaired) electrons. The van der Waals surface area contributed by atoms with Gasteiger partial charge in [-0.1, -0.05) is 0 Å². The number of nitrogens with one attached hydrogen (secondary N) is 2. The number of rotatable bonds is 5. The Morgan fingerprint density at radius 1 is 1.58 bits per heavy atom. The number of carbonyl (C=O) groups is 1. The Kier molecular flexibility index (Phi) is 4.01. The summed E-state index contributed by atoms with van der Waals surface area (Å²) in [5.41, 5.74) is 1.75. The number of carbonyl (C=O) groups excluding carboxylic acids is 1. The number of esters is 1. The molecule has 2 heterocycles. The molecular weight excluding hydrogens is 246 g/mol. The monoisotopic (exact) mass is 263 g/mol. The highest BCUT2D eigenvalue weighted by Gasteiger charge is 2.15. The zero-order valence-electron chi connectivity index (χ0n) is 11.2. The van der Waals surface area contributed by atoms with E-state index in [9.17, 15) is 4.79 Å². The molecule has 0 aromatic carbocycles. The number of methoxy groups -OCH3 is 1. The van der Waals surface area contributed by atoms with E-state index in [1.54, 1.807) is 13.1 Å². The molecule has 0 bridgehead atoms. The fraction of sp³-hybridized carbons (Fsp3) is 0.385. The standard InChI is InChI=1S/C13H17N3O3/c1-8-4-5-11(19-8)12-10(7-15-16-12)6-14-9(2)13(17)18-3/h4-5,7,9,14H,6H2,1-3H3,(H,15,16)/t9-/m0/s1. The van der Waals surface area contributed by atoms with E-state index >= 15 is 0 Å². The van der Waals surface area contributed by atoms with Crippen LogP contribution in [0.3, 0.4) is 0 Å². The molecule has 0 fully saturated rings. The van der Waals surface area contributed by atoms with Gasteiger partial charge < -0.3 is 14.5 Å². The Balaban J connectivity index is 2.06. The van der Waals surface area contributed by atoms with Crippen LogP contribution < -0.4 is 5.32 Å². The van der Waals surface area contributed by atoms with Gasteiger partial charge in [-0.3, -0.25) is 9.89 Å². The highest BCUT2D eigenvalue weighted by Crippen LogP contribution is 2.23. The summed E-state index contributed by atoms with van der Waals surface area (Å²) in [7, 11) is 1.37. The Hall–Kier alpha value is -2.08. The van der Waals surface area contributed by atoms with Gasteiger partial charge in [0.2, 0.25) is 0 Å². The number of aromatic amines is 1. The highest BCUT2D eigenvalue weighted by molar-refractivity contribution is 5.75. The van der Waals surface area contributed by atoms with Crippen LogP contribution in [0.2, 0.25) is 0 Å². The molecular formula is C13H17N3O3. The van der Waals surface area contributed by atoms with E-state index < -0.39 is 0 Å². The fourth-order valence-electron chi connectivity index (χ4n) is 1.75. The van der Waals surface area contributed by atoms with Gasteiger partial charge in [0, 0.05) is 12.1 Å². The summed E-state index contributed by atoms with van der Waals surface area (Å²) in [6.45, 7) is 4.14. The Morgan fingerprint density at radius 3 is 3.00 bits per heavy atom. The number of nitrogens with zero attached hydrogens (tertiary/aromatic N) is 1. The van der Waals surface area contributed by atoms with Gasteiger partial charge in [0.1, 0.15) is 17.5 Å². The van der Waals surface area contributed by atoms with Crippen molar-refractivity contribution in [3.63, 3.8) is 0 Å². The second-order valence-corrected chi connectivity index (χ2v) is 4.31. The molecule has 2 aromatic rings. The third kappa shape index (κ3) is 3.03. The lowest BCUT2D eigenvalue weighted by Gasteiger charge is -2.10. The predicted octanol–water partition coefficient (Wildman–Crippen LogP) is 1.63. The fourth-order valence-corrected chi connectivity index (χ4v) is 1.75. The zero-order valence-corrected chi connectivity index (χ0v) is 11.2. The minimum atomic E-state index is -0.369. The van der Waals surface area contributed by atoms with Crippen molar-refractivity contribution in [3.8, 4) is 11.5 Å². The van der Waals surface area contributed by atoms with Crippen LogP contribution >= 0.6 is 0 Å². The molecule has 6 nitrogen and oxygen atoms in total. The van der Waals surface area contributed by atoms with Crippen molar-refractivity contribution in [2.24, 2.45) is 0 Å². The molecule has 0 spiro atoms. The van der Waals surface area contributed by atoms with Crippen LogP contribution in [0.5, 0.6) is 0 Å². The third-order valence-corrected chi connectivity index (χ3v) is 2.86. The van der Waals surface area contributed by atoms with E-state index in [-0.39, 0.29) is 12.0 Å². The van der Waals surface area contributed by atoms with Crippen molar-refractivity contribution >= 4 is 5.97 Å². The first-order valence-electron chi connectivity index (χ1n) is 6.02. The summed E-state index contributed by atoms with van der Waals surface area (Å²) < 4.78 is 10.2. The molecule has 0 amide bonds. The normalized spacial score (nSPS) is 12.4. The molecule has 0 aliphatic heterocycles. The number of hydrogen-bond donors (Lipinski definition) is 2.